The van der Waals surface area contributed by atoms with E-state index in [0.29, 0.717) is 56.6 Å². The van der Waals surface area contributed by atoms with Crippen molar-refractivity contribution in [1.82, 2.24) is 14.7 Å². The van der Waals surface area contributed by atoms with Crippen LogP contribution >= 0.6 is 0 Å². The maximum absolute atomic E-state index is 13.3. The topological polar surface area (TPSA) is 85.7 Å². The lowest BCUT2D eigenvalue weighted by Crippen LogP contribution is -2.47. The summed E-state index contributed by atoms with van der Waals surface area (Å²) < 4.78 is 13.5. The number of carbonyl (C=O) groups is 2. The second kappa shape index (κ2) is 12.1. The molecule has 0 aliphatic carbocycles. The van der Waals surface area contributed by atoms with Gasteiger partial charge in [-0.25, -0.2) is 0 Å². The van der Waals surface area contributed by atoms with Crippen molar-refractivity contribution in [3.05, 3.63) is 77.1 Å². The molecular formula is C29H36N4O4. The molecule has 3 aromatic rings. The quantitative estimate of drug-likeness (QED) is 0.460. The summed E-state index contributed by atoms with van der Waals surface area (Å²) in [5.74, 6) is 0.960. The lowest BCUT2D eigenvalue weighted by atomic mass is 10.1. The number of benzene rings is 2. The van der Waals surface area contributed by atoms with E-state index in [2.05, 4.69) is 10.4 Å². The van der Waals surface area contributed by atoms with Crippen LogP contribution in [0.25, 0.3) is 0 Å². The summed E-state index contributed by atoms with van der Waals surface area (Å²) in [5, 5.41) is 7.45. The number of nitrogens with zero attached hydrogens (tertiary/aromatic N) is 3. The van der Waals surface area contributed by atoms with E-state index in [4.69, 9.17) is 9.47 Å². The van der Waals surface area contributed by atoms with Crippen LogP contribution in [0.5, 0.6) is 5.75 Å². The van der Waals surface area contributed by atoms with Crippen LogP contribution in [0.1, 0.15) is 47.4 Å². The fourth-order valence-corrected chi connectivity index (χ4v) is 4.43. The Morgan fingerprint density at radius 2 is 1.92 bits per heavy atom. The molecule has 1 atom stereocenters. The minimum Gasteiger partial charge on any atom is -0.489 e. The molecule has 196 valence electrons. The molecule has 8 nitrogen and oxygen atoms in total. The Labute approximate surface area is 218 Å². The molecule has 2 heterocycles. The fourth-order valence-electron chi connectivity index (χ4n) is 4.43. The molecule has 1 fully saturated rings. The number of ether oxygens (including phenoxy) is 2. The summed E-state index contributed by atoms with van der Waals surface area (Å²) in [6.07, 6.45) is 1.99. The number of rotatable bonds is 9. The number of hydrogen-bond acceptors (Lipinski definition) is 5. The van der Waals surface area contributed by atoms with Gasteiger partial charge in [0.1, 0.15) is 18.1 Å². The minimum atomic E-state index is -0.236. The van der Waals surface area contributed by atoms with E-state index in [9.17, 15) is 9.59 Å². The number of aromatic nitrogens is 2. The zero-order valence-electron chi connectivity index (χ0n) is 22.1. The van der Waals surface area contributed by atoms with Crippen molar-refractivity contribution in [2.24, 2.45) is 5.92 Å². The molecule has 4 rings (SSSR count). The van der Waals surface area contributed by atoms with Crippen LogP contribution in [0.2, 0.25) is 0 Å². The van der Waals surface area contributed by atoms with Crippen LogP contribution in [-0.4, -0.2) is 52.3 Å². The van der Waals surface area contributed by atoms with Gasteiger partial charge in [0.25, 0.3) is 5.91 Å². The second-order valence-electron chi connectivity index (χ2n) is 9.99. The number of hydrogen-bond donors (Lipinski definition) is 1. The minimum absolute atomic E-state index is 0.143. The van der Waals surface area contributed by atoms with Crippen LogP contribution in [0.3, 0.4) is 0 Å². The predicted octanol–water partition coefficient (Wildman–Crippen LogP) is 4.60. The summed E-state index contributed by atoms with van der Waals surface area (Å²) >= 11 is 0. The molecule has 1 unspecified atom stereocenters. The summed E-state index contributed by atoms with van der Waals surface area (Å²) in [5.41, 5.74) is 3.97. The number of morpholine rings is 1. The van der Waals surface area contributed by atoms with Crippen molar-refractivity contribution in [3.63, 3.8) is 0 Å². The smallest absolute Gasteiger partial charge is 0.274 e. The molecule has 1 saturated heterocycles. The van der Waals surface area contributed by atoms with E-state index in [1.165, 1.54) is 0 Å². The van der Waals surface area contributed by atoms with Gasteiger partial charge in [-0.1, -0.05) is 44.2 Å². The van der Waals surface area contributed by atoms with E-state index in [-0.39, 0.29) is 17.9 Å². The normalized spacial score (nSPS) is 15.6. The van der Waals surface area contributed by atoms with Gasteiger partial charge in [0.2, 0.25) is 5.91 Å². The third kappa shape index (κ3) is 6.98. The average molecular weight is 505 g/mol. The molecule has 37 heavy (non-hydrogen) atoms. The zero-order chi connectivity index (χ0) is 26.4. The van der Waals surface area contributed by atoms with Gasteiger partial charge in [-0.3, -0.25) is 14.3 Å². The highest BCUT2D eigenvalue weighted by Gasteiger charge is 2.27. The number of anilines is 1. The first-order chi connectivity index (χ1) is 17.8. The first-order valence-corrected chi connectivity index (χ1v) is 12.8. The molecule has 8 heteroatoms. The van der Waals surface area contributed by atoms with Crippen LogP contribution in [0.15, 0.2) is 54.7 Å². The van der Waals surface area contributed by atoms with E-state index in [1.807, 2.05) is 81.1 Å². The summed E-state index contributed by atoms with van der Waals surface area (Å²) in [7, 11) is 0. The first-order valence-electron chi connectivity index (χ1n) is 12.8. The lowest BCUT2D eigenvalue weighted by Gasteiger charge is -2.33. The van der Waals surface area contributed by atoms with Crippen LogP contribution in [0, 0.1) is 19.8 Å². The molecule has 1 N–H and O–H groups in total. The molecular weight excluding hydrogens is 468 g/mol. The Kier molecular flexibility index (Phi) is 8.61. The monoisotopic (exact) mass is 504 g/mol. The van der Waals surface area contributed by atoms with Crippen molar-refractivity contribution < 1.29 is 19.1 Å². The van der Waals surface area contributed by atoms with E-state index < -0.39 is 0 Å². The third-order valence-electron chi connectivity index (χ3n) is 6.38. The maximum atomic E-state index is 13.3. The van der Waals surface area contributed by atoms with Gasteiger partial charge in [0.05, 0.1) is 25.5 Å². The second-order valence-corrected chi connectivity index (χ2v) is 9.99. The van der Waals surface area contributed by atoms with Gasteiger partial charge in [0, 0.05) is 25.2 Å². The summed E-state index contributed by atoms with van der Waals surface area (Å²) in [6.45, 7) is 10.3. The van der Waals surface area contributed by atoms with Crippen LogP contribution in [-0.2, 0) is 22.7 Å². The zero-order valence-corrected chi connectivity index (χ0v) is 22.1. The van der Waals surface area contributed by atoms with Gasteiger partial charge in [0.15, 0.2) is 0 Å². The van der Waals surface area contributed by atoms with E-state index in [0.717, 1.165) is 22.4 Å². The van der Waals surface area contributed by atoms with Gasteiger partial charge in [-0.05, 0) is 54.7 Å². The predicted molar refractivity (Wildman–Crippen MR) is 143 cm³/mol. The molecule has 0 spiro atoms. The molecule has 0 radical (unpaired) electrons. The lowest BCUT2D eigenvalue weighted by molar-refractivity contribution is -0.140. The molecule has 0 saturated carbocycles. The third-order valence-corrected chi connectivity index (χ3v) is 6.38. The van der Waals surface area contributed by atoms with Crippen molar-refractivity contribution in [2.75, 3.05) is 25.0 Å². The molecule has 0 bridgehead atoms. The summed E-state index contributed by atoms with van der Waals surface area (Å²) in [6, 6.07) is 15.6. The highest BCUT2D eigenvalue weighted by molar-refractivity contribution is 6.04. The van der Waals surface area contributed by atoms with E-state index >= 15 is 0 Å². The molecule has 2 amide bonds. The Hall–Kier alpha value is -3.65. The highest BCUT2D eigenvalue weighted by Crippen LogP contribution is 2.23. The largest absolute Gasteiger partial charge is 0.489 e. The molecule has 2 aromatic carbocycles. The van der Waals surface area contributed by atoms with Crippen LogP contribution < -0.4 is 10.1 Å². The highest BCUT2D eigenvalue weighted by atomic mass is 16.5. The number of nitrogens with one attached hydrogen (secondary N) is 1. The number of aryl methyl sites for hydroxylation is 2. The fraction of sp³-hybridized carbons (Fsp3) is 0.414. The van der Waals surface area contributed by atoms with E-state index in [1.54, 1.807) is 10.9 Å². The van der Waals surface area contributed by atoms with Gasteiger partial charge >= 0.3 is 0 Å². The maximum Gasteiger partial charge on any atom is 0.274 e. The molecule has 1 aromatic heterocycles. The average Bonchev–Trinajstić information content (AvgIpc) is 3.24. The Bertz CT molecular complexity index is 1220. The van der Waals surface area contributed by atoms with Crippen molar-refractivity contribution in [1.29, 1.82) is 0 Å². The molecule has 1 aliphatic heterocycles. The summed E-state index contributed by atoms with van der Waals surface area (Å²) in [4.78, 5) is 27.7. The first kappa shape index (κ1) is 26.4. The number of carbonyl (C=O) groups excluding carboxylic acids is 2. The standard InChI is InChI=1S/C29H36N4O4/c1-20(2)14-27(34)32-12-13-36-25(17-32)18-33-28(22(4)16-30-33)29(35)31-26-11-10-24(15-21(26)3)37-19-23-8-6-5-7-9-23/h5-11,15-16,20,25H,12-14,17-19H2,1-4H3,(H,31,35). The Balaban J connectivity index is 1.39. The van der Waals surface area contributed by atoms with Gasteiger partial charge in [-0.15, -0.1) is 0 Å². The molecule has 1 aliphatic rings. The van der Waals surface area contributed by atoms with Gasteiger partial charge in [-0.2, -0.15) is 5.10 Å². The van der Waals surface area contributed by atoms with Crippen molar-refractivity contribution in [3.8, 4) is 5.75 Å². The van der Waals surface area contributed by atoms with Crippen LogP contribution in [0.4, 0.5) is 5.69 Å². The van der Waals surface area contributed by atoms with Crippen molar-refractivity contribution in [2.45, 2.75) is 53.4 Å². The Morgan fingerprint density at radius 3 is 2.65 bits per heavy atom. The SMILES string of the molecule is Cc1cc(OCc2ccccc2)ccc1NC(=O)c1c(C)cnn1CC1CN(C(=O)CC(C)C)CCO1. The number of amides is 2. The Morgan fingerprint density at radius 1 is 1.14 bits per heavy atom. The van der Waals surface area contributed by atoms with Gasteiger partial charge < -0.3 is 19.7 Å². The van der Waals surface area contributed by atoms with Crippen molar-refractivity contribution >= 4 is 17.5 Å².